The molecule has 1 aromatic carbocycles. The monoisotopic (exact) mass is 276 g/mol. The molecule has 0 aliphatic rings. The molecule has 0 aromatic heterocycles. The molecule has 1 rings (SSSR count). The van der Waals surface area contributed by atoms with Gasteiger partial charge in [0.2, 0.25) is 0 Å². The molecule has 1 aromatic rings. The molecule has 0 saturated heterocycles. The molecule has 1 unspecified atom stereocenters. The summed E-state index contributed by atoms with van der Waals surface area (Å²) in [5.74, 6) is 0.669. The maximum atomic E-state index is 6.62. The van der Waals surface area contributed by atoms with Crippen LogP contribution in [0.4, 0.5) is 0 Å². The van der Waals surface area contributed by atoms with E-state index in [0.29, 0.717) is 12.0 Å². The van der Waals surface area contributed by atoms with Gasteiger partial charge in [0.05, 0.1) is 5.54 Å². The fraction of sp³-hybridized carbons (Fsp3) is 0.667. The van der Waals surface area contributed by atoms with Crippen LogP contribution in [0.5, 0.6) is 0 Å². The quantitative estimate of drug-likeness (QED) is 0.777. The van der Waals surface area contributed by atoms with Crippen LogP contribution in [-0.4, -0.2) is 24.0 Å². The summed E-state index contributed by atoms with van der Waals surface area (Å²) < 4.78 is 0. The van der Waals surface area contributed by atoms with Gasteiger partial charge in [-0.3, -0.25) is 4.90 Å². The van der Waals surface area contributed by atoms with Crippen LogP contribution in [-0.2, 0) is 5.54 Å². The predicted molar refractivity (Wildman–Crippen MR) is 88.8 cm³/mol. The Morgan fingerprint density at radius 2 is 1.65 bits per heavy atom. The van der Waals surface area contributed by atoms with Crippen molar-refractivity contribution in [2.45, 2.75) is 59.0 Å². The van der Waals surface area contributed by atoms with Crippen LogP contribution in [0, 0.1) is 5.92 Å². The van der Waals surface area contributed by atoms with E-state index in [-0.39, 0.29) is 5.54 Å². The van der Waals surface area contributed by atoms with Crippen LogP contribution in [0.3, 0.4) is 0 Å². The normalized spacial score (nSPS) is 15.1. The molecule has 0 spiro atoms. The first-order chi connectivity index (χ1) is 9.40. The van der Waals surface area contributed by atoms with E-state index >= 15 is 0 Å². The fourth-order valence-corrected chi connectivity index (χ4v) is 2.95. The second-order valence-corrected chi connectivity index (χ2v) is 6.58. The molecule has 0 aliphatic heterocycles. The van der Waals surface area contributed by atoms with E-state index in [9.17, 15) is 0 Å². The lowest BCUT2D eigenvalue weighted by atomic mass is 9.91. The summed E-state index contributed by atoms with van der Waals surface area (Å²) in [6.45, 7) is 13.3. The third-order valence-electron chi connectivity index (χ3n) is 4.02. The molecule has 0 saturated carbocycles. The van der Waals surface area contributed by atoms with Gasteiger partial charge in [-0.2, -0.15) is 0 Å². The molecule has 0 bridgehead atoms. The van der Waals surface area contributed by atoms with Crippen molar-refractivity contribution >= 4 is 0 Å². The smallest absolute Gasteiger partial charge is 0.0510 e. The number of benzene rings is 1. The first-order valence-corrected chi connectivity index (χ1v) is 7.99. The van der Waals surface area contributed by atoms with E-state index in [0.717, 1.165) is 13.1 Å². The summed E-state index contributed by atoms with van der Waals surface area (Å²) in [5.41, 5.74) is 7.55. The lowest BCUT2D eigenvalue weighted by molar-refractivity contribution is 0.132. The summed E-state index contributed by atoms with van der Waals surface area (Å²) in [6, 6.07) is 11.1. The van der Waals surface area contributed by atoms with Crippen molar-refractivity contribution in [2.24, 2.45) is 11.7 Å². The second kappa shape index (κ2) is 7.80. The maximum absolute atomic E-state index is 6.62. The zero-order chi connectivity index (χ0) is 15.2. The van der Waals surface area contributed by atoms with Gasteiger partial charge in [-0.25, -0.2) is 0 Å². The highest BCUT2D eigenvalue weighted by Gasteiger charge is 2.27. The van der Waals surface area contributed by atoms with Crippen molar-refractivity contribution < 1.29 is 0 Å². The van der Waals surface area contributed by atoms with Crippen molar-refractivity contribution in [2.75, 3.05) is 13.1 Å². The summed E-state index contributed by atoms with van der Waals surface area (Å²) >= 11 is 0. The zero-order valence-electron chi connectivity index (χ0n) is 13.9. The highest BCUT2D eigenvalue weighted by molar-refractivity contribution is 5.23. The lowest BCUT2D eigenvalue weighted by Crippen LogP contribution is -2.50. The first kappa shape index (κ1) is 17.2. The van der Waals surface area contributed by atoms with Gasteiger partial charge in [-0.15, -0.1) is 0 Å². The minimum absolute atomic E-state index is 0.293. The highest BCUT2D eigenvalue weighted by Crippen LogP contribution is 2.22. The van der Waals surface area contributed by atoms with Crippen LogP contribution in [0.1, 0.15) is 53.0 Å². The second-order valence-electron chi connectivity index (χ2n) is 6.58. The minimum atomic E-state index is -0.293. The molecule has 2 N–H and O–H groups in total. The predicted octanol–water partition coefficient (Wildman–Crippen LogP) is 4.01. The molecule has 2 heteroatoms. The summed E-state index contributed by atoms with van der Waals surface area (Å²) in [5, 5.41) is 0. The SMILES string of the molecule is CCC(CC)N(CC(C)C)CC(C)(N)c1ccccc1. The molecule has 20 heavy (non-hydrogen) atoms. The van der Waals surface area contributed by atoms with E-state index < -0.39 is 0 Å². The Balaban J connectivity index is 2.87. The van der Waals surface area contributed by atoms with E-state index in [1.165, 1.54) is 18.4 Å². The molecule has 0 heterocycles. The molecular weight excluding hydrogens is 244 g/mol. The largest absolute Gasteiger partial charge is 0.321 e. The van der Waals surface area contributed by atoms with E-state index in [2.05, 4.69) is 63.8 Å². The Bertz CT molecular complexity index is 366. The summed E-state index contributed by atoms with van der Waals surface area (Å²) in [7, 11) is 0. The number of nitrogens with two attached hydrogens (primary N) is 1. The average Bonchev–Trinajstić information content (AvgIpc) is 2.40. The molecule has 0 fully saturated rings. The summed E-state index contributed by atoms with van der Waals surface area (Å²) in [6.07, 6.45) is 2.38. The van der Waals surface area contributed by atoms with Crippen LogP contribution in [0.25, 0.3) is 0 Å². The van der Waals surface area contributed by atoms with Crippen molar-refractivity contribution in [3.05, 3.63) is 35.9 Å². The molecule has 0 radical (unpaired) electrons. The van der Waals surface area contributed by atoms with Crippen molar-refractivity contribution in [3.63, 3.8) is 0 Å². The Morgan fingerprint density at radius 1 is 1.10 bits per heavy atom. The Hall–Kier alpha value is -0.860. The number of nitrogens with zero attached hydrogens (tertiary/aromatic N) is 1. The summed E-state index contributed by atoms with van der Waals surface area (Å²) in [4.78, 5) is 2.58. The molecular formula is C18H32N2. The Labute approximate surface area is 125 Å². The highest BCUT2D eigenvalue weighted by atomic mass is 15.2. The van der Waals surface area contributed by atoms with Crippen molar-refractivity contribution in [1.82, 2.24) is 4.90 Å². The van der Waals surface area contributed by atoms with E-state index in [1.807, 2.05) is 6.07 Å². The van der Waals surface area contributed by atoms with Crippen LogP contribution < -0.4 is 5.73 Å². The van der Waals surface area contributed by atoms with Crippen molar-refractivity contribution in [1.29, 1.82) is 0 Å². The zero-order valence-corrected chi connectivity index (χ0v) is 13.9. The average molecular weight is 276 g/mol. The van der Waals surface area contributed by atoms with Crippen molar-refractivity contribution in [3.8, 4) is 0 Å². The van der Waals surface area contributed by atoms with Gasteiger partial charge < -0.3 is 5.73 Å². The van der Waals surface area contributed by atoms with Gasteiger partial charge >= 0.3 is 0 Å². The Kier molecular flexibility index (Phi) is 6.70. The molecule has 0 amide bonds. The minimum Gasteiger partial charge on any atom is -0.321 e. The van der Waals surface area contributed by atoms with Crippen LogP contribution in [0.15, 0.2) is 30.3 Å². The first-order valence-electron chi connectivity index (χ1n) is 7.99. The maximum Gasteiger partial charge on any atom is 0.0510 e. The molecule has 114 valence electrons. The number of hydrogen-bond donors (Lipinski definition) is 1. The fourth-order valence-electron chi connectivity index (χ4n) is 2.95. The van der Waals surface area contributed by atoms with Crippen LogP contribution in [0.2, 0.25) is 0 Å². The van der Waals surface area contributed by atoms with Gasteiger partial charge in [0, 0.05) is 19.1 Å². The standard InChI is InChI=1S/C18H32N2/c1-6-17(7-2)20(13-15(3)4)14-18(5,19)16-11-9-8-10-12-16/h8-12,15,17H,6-7,13-14,19H2,1-5H3. The molecule has 2 nitrogen and oxygen atoms in total. The topological polar surface area (TPSA) is 29.3 Å². The van der Waals surface area contributed by atoms with Gasteiger partial charge in [0.25, 0.3) is 0 Å². The lowest BCUT2D eigenvalue weighted by Gasteiger charge is -2.38. The van der Waals surface area contributed by atoms with Gasteiger partial charge in [-0.05, 0) is 31.2 Å². The van der Waals surface area contributed by atoms with Crippen LogP contribution >= 0.6 is 0 Å². The van der Waals surface area contributed by atoms with Gasteiger partial charge in [0.15, 0.2) is 0 Å². The Morgan fingerprint density at radius 3 is 2.10 bits per heavy atom. The number of hydrogen-bond acceptors (Lipinski definition) is 2. The van der Waals surface area contributed by atoms with E-state index in [1.54, 1.807) is 0 Å². The third-order valence-corrected chi connectivity index (χ3v) is 4.02. The van der Waals surface area contributed by atoms with Gasteiger partial charge in [0.1, 0.15) is 0 Å². The molecule has 1 atom stereocenters. The third kappa shape index (κ3) is 4.92. The van der Waals surface area contributed by atoms with E-state index in [4.69, 9.17) is 5.73 Å². The van der Waals surface area contributed by atoms with Gasteiger partial charge in [-0.1, -0.05) is 58.0 Å². The number of rotatable bonds is 8. The molecule has 0 aliphatic carbocycles.